The van der Waals surface area contributed by atoms with Gasteiger partial charge < -0.3 is 15.6 Å². The number of carbonyl (C=O) groups excluding carboxylic acids is 1. The van der Waals surface area contributed by atoms with Crippen molar-refractivity contribution in [3.8, 4) is 10.6 Å². The lowest BCUT2D eigenvalue weighted by Crippen LogP contribution is -2.48. The van der Waals surface area contributed by atoms with Gasteiger partial charge in [0.1, 0.15) is 23.0 Å². The second-order valence-corrected chi connectivity index (χ2v) is 13.2. The highest BCUT2D eigenvalue weighted by Crippen LogP contribution is 2.35. The number of nitrogens with zero attached hydrogens (tertiary/aromatic N) is 4. The van der Waals surface area contributed by atoms with Crippen LogP contribution in [0.5, 0.6) is 0 Å². The Labute approximate surface area is 241 Å². The van der Waals surface area contributed by atoms with Crippen molar-refractivity contribution < 1.29 is 27.9 Å². The number of hydrogen-bond acceptors (Lipinski definition) is 10. The zero-order valence-electron chi connectivity index (χ0n) is 22.6. The number of benzene rings is 1. The van der Waals surface area contributed by atoms with Crippen LogP contribution in [0.2, 0.25) is 0 Å². The summed E-state index contributed by atoms with van der Waals surface area (Å²) < 4.78 is 33.5. The number of ether oxygens (including phenoxy) is 1. The SMILES string of the molecule is CC(C)(C)OC(=O)N(CC(=O)O)c1cccc(C(N)(Cc2ccc(-c3nccs3)cc2)S(=O)(=O)c2cccnc2)n1. The molecule has 13 heteroatoms. The number of aliphatic carboxylic acids is 1. The number of pyridine rings is 2. The first kappa shape index (κ1) is 29.8. The number of carboxylic acid groups (broad SMARTS) is 1. The van der Waals surface area contributed by atoms with E-state index in [0.717, 1.165) is 15.5 Å². The summed E-state index contributed by atoms with van der Waals surface area (Å²) >= 11 is 1.47. The van der Waals surface area contributed by atoms with Gasteiger partial charge in [-0.05, 0) is 50.6 Å². The molecular weight excluding hydrogens is 566 g/mol. The quantitative estimate of drug-likeness (QED) is 0.286. The van der Waals surface area contributed by atoms with Crippen LogP contribution in [0.25, 0.3) is 10.6 Å². The number of amides is 1. The Balaban J connectivity index is 1.81. The lowest BCUT2D eigenvalue weighted by atomic mass is 10.0. The van der Waals surface area contributed by atoms with Crippen molar-refractivity contribution in [2.75, 3.05) is 11.4 Å². The number of sulfone groups is 1. The van der Waals surface area contributed by atoms with Crippen LogP contribution >= 0.6 is 11.3 Å². The fraction of sp³-hybridized carbons (Fsp3) is 0.250. The highest BCUT2D eigenvalue weighted by atomic mass is 32.2. The number of thiazole rings is 1. The number of hydrogen-bond donors (Lipinski definition) is 2. The molecule has 1 atom stereocenters. The molecule has 3 N–H and O–H groups in total. The average molecular weight is 596 g/mol. The predicted octanol–water partition coefficient (Wildman–Crippen LogP) is 4.25. The van der Waals surface area contributed by atoms with E-state index < -0.39 is 38.9 Å². The second kappa shape index (κ2) is 11.7. The fourth-order valence-corrected chi connectivity index (χ4v) is 6.24. The first-order valence-electron chi connectivity index (χ1n) is 12.4. The molecule has 214 valence electrons. The summed E-state index contributed by atoms with van der Waals surface area (Å²) in [6.07, 6.45) is 3.19. The van der Waals surface area contributed by atoms with Gasteiger partial charge in [0.25, 0.3) is 0 Å². The van der Waals surface area contributed by atoms with Crippen molar-refractivity contribution in [3.63, 3.8) is 0 Å². The molecule has 0 spiro atoms. The zero-order chi connectivity index (χ0) is 29.8. The van der Waals surface area contributed by atoms with E-state index >= 15 is 0 Å². The number of rotatable bonds is 9. The monoisotopic (exact) mass is 595 g/mol. The van der Waals surface area contributed by atoms with Crippen LogP contribution in [0.1, 0.15) is 32.0 Å². The fourth-order valence-electron chi connectivity index (χ4n) is 3.97. The smallest absolute Gasteiger partial charge is 0.416 e. The highest BCUT2D eigenvalue weighted by molar-refractivity contribution is 7.92. The molecule has 0 bridgehead atoms. The number of carboxylic acids is 1. The van der Waals surface area contributed by atoms with Crippen LogP contribution in [0, 0.1) is 0 Å². The van der Waals surface area contributed by atoms with Gasteiger partial charge in [0.15, 0.2) is 4.87 Å². The number of nitrogens with two attached hydrogens (primary N) is 1. The highest BCUT2D eigenvalue weighted by Gasteiger charge is 2.45. The normalized spacial score (nSPS) is 13.3. The molecule has 0 radical (unpaired) electrons. The molecule has 0 aliphatic rings. The zero-order valence-corrected chi connectivity index (χ0v) is 24.2. The summed E-state index contributed by atoms with van der Waals surface area (Å²) in [5, 5.41) is 12.1. The molecule has 4 rings (SSSR count). The van der Waals surface area contributed by atoms with Crippen molar-refractivity contribution in [1.29, 1.82) is 0 Å². The molecule has 0 saturated heterocycles. The third kappa shape index (κ3) is 6.76. The summed E-state index contributed by atoms with van der Waals surface area (Å²) in [7, 11) is -4.33. The maximum Gasteiger partial charge on any atom is 0.416 e. The molecule has 1 unspecified atom stereocenters. The van der Waals surface area contributed by atoms with E-state index in [1.54, 1.807) is 39.1 Å². The summed E-state index contributed by atoms with van der Waals surface area (Å²) in [6, 6.07) is 14.3. The third-order valence-corrected chi connectivity index (χ3v) is 8.87. The molecule has 41 heavy (non-hydrogen) atoms. The minimum atomic E-state index is -4.33. The Kier molecular flexibility index (Phi) is 8.52. The van der Waals surface area contributed by atoms with Crippen LogP contribution in [-0.4, -0.2) is 52.7 Å². The van der Waals surface area contributed by atoms with Gasteiger partial charge in [-0.3, -0.25) is 14.7 Å². The van der Waals surface area contributed by atoms with Gasteiger partial charge in [-0.2, -0.15) is 0 Å². The second-order valence-electron chi connectivity index (χ2n) is 10.1. The van der Waals surface area contributed by atoms with Gasteiger partial charge in [0.2, 0.25) is 9.84 Å². The largest absolute Gasteiger partial charge is 0.480 e. The molecule has 0 aliphatic carbocycles. The molecule has 1 aromatic carbocycles. The molecule has 3 heterocycles. The number of aromatic nitrogens is 3. The number of anilines is 1. The van der Waals surface area contributed by atoms with Crippen LogP contribution < -0.4 is 10.6 Å². The average Bonchev–Trinajstić information content (AvgIpc) is 3.47. The van der Waals surface area contributed by atoms with Crippen molar-refractivity contribution in [2.45, 2.75) is 42.6 Å². The van der Waals surface area contributed by atoms with Crippen molar-refractivity contribution in [2.24, 2.45) is 5.73 Å². The maximum atomic E-state index is 14.1. The van der Waals surface area contributed by atoms with Crippen LogP contribution in [-0.2, 0) is 30.7 Å². The van der Waals surface area contributed by atoms with Gasteiger partial charge in [-0.25, -0.2) is 23.2 Å². The van der Waals surface area contributed by atoms with E-state index in [2.05, 4.69) is 15.0 Å². The Morgan fingerprint density at radius 2 is 1.78 bits per heavy atom. The van der Waals surface area contributed by atoms with Crippen LogP contribution in [0.15, 0.2) is 83.5 Å². The molecule has 1 amide bonds. The molecular formula is C28H29N5O6S2. The molecule has 4 aromatic rings. The van der Waals surface area contributed by atoms with Gasteiger partial charge in [-0.1, -0.05) is 30.3 Å². The van der Waals surface area contributed by atoms with Crippen LogP contribution in [0.4, 0.5) is 10.6 Å². The lowest BCUT2D eigenvalue weighted by Gasteiger charge is -2.30. The summed E-state index contributed by atoms with van der Waals surface area (Å²) in [4.78, 5) is 35.8. The lowest BCUT2D eigenvalue weighted by molar-refractivity contribution is -0.135. The number of carbonyl (C=O) groups is 2. The van der Waals surface area contributed by atoms with Crippen molar-refractivity contribution in [1.82, 2.24) is 15.0 Å². The molecule has 3 aromatic heterocycles. The minimum absolute atomic E-state index is 0.0956. The molecule has 11 nitrogen and oxygen atoms in total. The Morgan fingerprint density at radius 1 is 1.05 bits per heavy atom. The van der Waals surface area contributed by atoms with E-state index in [9.17, 15) is 23.1 Å². The van der Waals surface area contributed by atoms with E-state index in [4.69, 9.17) is 10.5 Å². The Hall–Kier alpha value is -4.20. The summed E-state index contributed by atoms with van der Waals surface area (Å²) in [5.41, 5.74) is 7.25. The molecule has 0 aliphatic heterocycles. The maximum absolute atomic E-state index is 14.1. The van der Waals surface area contributed by atoms with Gasteiger partial charge >= 0.3 is 12.1 Å². The van der Waals surface area contributed by atoms with Crippen molar-refractivity contribution >= 4 is 39.1 Å². The van der Waals surface area contributed by atoms with Crippen molar-refractivity contribution in [3.05, 3.63) is 89.8 Å². The minimum Gasteiger partial charge on any atom is -0.480 e. The summed E-state index contributed by atoms with van der Waals surface area (Å²) in [6.45, 7) is 4.15. The first-order chi connectivity index (χ1) is 19.3. The van der Waals surface area contributed by atoms with Gasteiger partial charge in [0, 0.05) is 36.0 Å². The van der Waals surface area contributed by atoms with Gasteiger partial charge in [0.05, 0.1) is 10.6 Å². The topological polar surface area (TPSA) is 166 Å². The van der Waals surface area contributed by atoms with E-state index in [1.807, 2.05) is 17.5 Å². The molecule has 0 saturated carbocycles. The third-order valence-electron chi connectivity index (χ3n) is 5.88. The van der Waals surface area contributed by atoms with Crippen LogP contribution in [0.3, 0.4) is 0 Å². The van der Waals surface area contributed by atoms with E-state index in [-0.39, 0.29) is 22.8 Å². The molecule has 0 fully saturated rings. The van der Waals surface area contributed by atoms with E-state index in [0.29, 0.717) is 5.56 Å². The standard InChI is InChI=1S/C28H29N5O6S2/c1-27(2,3)39-26(36)33(18-24(34)35)23-8-4-7-22(32-23)28(29,41(37,38)21-6-5-13-30-17-21)16-19-9-11-20(12-10-19)25-31-14-15-40-25/h4-15,17H,16,18,29H2,1-3H3,(H,34,35). The van der Waals surface area contributed by atoms with E-state index in [1.165, 1.54) is 54.1 Å². The van der Waals surface area contributed by atoms with Gasteiger partial charge in [-0.15, -0.1) is 11.3 Å². The first-order valence-corrected chi connectivity index (χ1v) is 14.8. The Bertz CT molecular complexity index is 1620. The Morgan fingerprint density at radius 3 is 2.37 bits per heavy atom. The summed E-state index contributed by atoms with van der Waals surface area (Å²) in [5.74, 6) is -1.44. The predicted molar refractivity (Wildman–Crippen MR) is 154 cm³/mol.